The summed E-state index contributed by atoms with van der Waals surface area (Å²) >= 11 is 0. The average molecular weight is 318 g/mol. The maximum Gasteiger partial charge on any atom is 0.225 e. The van der Waals surface area contributed by atoms with E-state index in [1.807, 2.05) is 24.3 Å². The molecule has 0 atom stereocenters. The number of anilines is 3. The van der Waals surface area contributed by atoms with E-state index in [2.05, 4.69) is 77.8 Å². The van der Waals surface area contributed by atoms with Crippen LogP contribution in [0.2, 0.25) is 0 Å². The molecule has 0 spiro atoms. The molecule has 4 heteroatoms. The summed E-state index contributed by atoms with van der Waals surface area (Å²) < 4.78 is 0. The first kappa shape index (κ1) is 16.0. The van der Waals surface area contributed by atoms with Crippen LogP contribution < -0.4 is 10.6 Å². The van der Waals surface area contributed by atoms with E-state index in [1.165, 1.54) is 5.56 Å². The molecule has 0 aliphatic carbocycles. The van der Waals surface area contributed by atoms with Crippen molar-refractivity contribution < 1.29 is 0 Å². The van der Waals surface area contributed by atoms with Crippen molar-refractivity contribution in [3.05, 3.63) is 66.2 Å². The minimum absolute atomic E-state index is 0.267. The van der Waals surface area contributed by atoms with E-state index in [-0.39, 0.29) is 6.04 Å². The molecule has 2 N–H and O–H groups in total. The molecule has 4 nitrogen and oxygen atoms in total. The molecule has 3 aromatic rings. The van der Waals surface area contributed by atoms with Gasteiger partial charge in [0, 0.05) is 23.4 Å². The summed E-state index contributed by atoms with van der Waals surface area (Å²) in [5, 5.41) is 6.65. The molecule has 24 heavy (non-hydrogen) atoms. The fourth-order valence-electron chi connectivity index (χ4n) is 2.38. The fraction of sp³-hybridized carbons (Fsp3) is 0.200. The molecule has 0 amide bonds. The number of hydrogen-bond acceptors (Lipinski definition) is 4. The van der Waals surface area contributed by atoms with Gasteiger partial charge in [-0.3, -0.25) is 0 Å². The van der Waals surface area contributed by atoms with E-state index in [0.29, 0.717) is 5.95 Å². The first-order valence-corrected chi connectivity index (χ1v) is 8.15. The summed E-state index contributed by atoms with van der Waals surface area (Å²) in [6.45, 7) is 6.23. The summed E-state index contributed by atoms with van der Waals surface area (Å²) in [7, 11) is 0. The Morgan fingerprint density at radius 3 is 2.25 bits per heavy atom. The lowest BCUT2D eigenvalue weighted by Crippen LogP contribution is -2.13. The average Bonchev–Trinajstić information content (AvgIpc) is 2.57. The fourth-order valence-corrected chi connectivity index (χ4v) is 2.38. The zero-order valence-electron chi connectivity index (χ0n) is 14.2. The molecule has 1 aromatic heterocycles. The van der Waals surface area contributed by atoms with Crippen LogP contribution >= 0.6 is 0 Å². The van der Waals surface area contributed by atoms with Gasteiger partial charge in [-0.2, -0.15) is 4.98 Å². The Bertz CT molecular complexity index is 796. The number of benzene rings is 2. The molecule has 122 valence electrons. The van der Waals surface area contributed by atoms with E-state index in [0.717, 1.165) is 22.8 Å². The van der Waals surface area contributed by atoms with Crippen LogP contribution in [0.5, 0.6) is 0 Å². The zero-order chi connectivity index (χ0) is 16.9. The highest BCUT2D eigenvalue weighted by Crippen LogP contribution is 2.24. The molecule has 2 aromatic carbocycles. The Labute approximate surface area is 143 Å². The van der Waals surface area contributed by atoms with Crippen molar-refractivity contribution in [2.45, 2.75) is 26.8 Å². The third kappa shape index (κ3) is 4.10. The lowest BCUT2D eigenvalue weighted by atomic mass is 10.1. The van der Waals surface area contributed by atoms with Gasteiger partial charge in [0.15, 0.2) is 0 Å². The maximum absolute atomic E-state index is 4.64. The van der Waals surface area contributed by atoms with Crippen molar-refractivity contribution in [1.82, 2.24) is 9.97 Å². The van der Waals surface area contributed by atoms with Crippen LogP contribution in [-0.4, -0.2) is 16.0 Å². The van der Waals surface area contributed by atoms with Gasteiger partial charge >= 0.3 is 0 Å². The smallest absolute Gasteiger partial charge is 0.225 e. The van der Waals surface area contributed by atoms with Gasteiger partial charge in [0.05, 0.1) is 5.69 Å². The predicted octanol–water partition coefficient (Wildman–Crippen LogP) is 5.02. The van der Waals surface area contributed by atoms with Gasteiger partial charge < -0.3 is 10.6 Å². The second kappa shape index (κ2) is 7.13. The molecule has 1 heterocycles. The van der Waals surface area contributed by atoms with Crippen LogP contribution in [0.15, 0.2) is 60.7 Å². The van der Waals surface area contributed by atoms with Crippen molar-refractivity contribution in [3.8, 4) is 11.3 Å². The Hall–Kier alpha value is -2.88. The van der Waals surface area contributed by atoms with E-state index >= 15 is 0 Å². The van der Waals surface area contributed by atoms with Gasteiger partial charge in [0.2, 0.25) is 5.95 Å². The van der Waals surface area contributed by atoms with Crippen molar-refractivity contribution in [1.29, 1.82) is 0 Å². The van der Waals surface area contributed by atoms with Gasteiger partial charge in [0.25, 0.3) is 0 Å². The molecule has 0 radical (unpaired) electrons. The minimum Gasteiger partial charge on any atom is -0.352 e. The van der Waals surface area contributed by atoms with Crippen LogP contribution in [-0.2, 0) is 0 Å². The lowest BCUT2D eigenvalue weighted by molar-refractivity contribution is 0.876. The highest BCUT2D eigenvalue weighted by Gasteiger charge is 2.08. The molecule has 0 fully saturated rings. The van der Waals surface area contributed by atoms with Gasteiger partial charge in [-0.1, -0.05) is 48.0 Å². The first-order valence-electron chi connectivity index (χ1n) is 8.15. The van der Waals surface area contributed by atoms with Gasteiger partial charge in [-0.15, -0.1) is 0 Å². The van der Waals surface area contributed by atoms with Crippen LogP contribution in [0.3, 0.4) is 0 Å². The SMILES string of the molecule is Cc1ccc(Nc2cc(-c3ccccc3)nc(NC(C)C)n2)cc1. The van der Waals surface area contributed by atoms with Gasteiger partial charge in [-0.05, 0) is 32.9 Å². The second-order valence-corrected chi connectivity index (χ2v) is 6.12. The van der Waals surface area contributed by atoms with Crippen molar-refractivity contribution >= 4 is 17.5 Å². The van der Waals surface area contributed by atoms with E-state index in [9.17, 15) is 0 Å². The number of rotatable bonds is 5. The third-order valence-electron chi connectivity index (χ3n) is 3.54. The molecule has 0 bridgehead atoms. The Kier molecular flexibility index (Phi) is 4.75. The molecule has 0 saturated heterocycles. The number of hydrogen-bond donors (Lipinski definition) is 2. The van der Waals surface area contributed by atoms with Gasteiger partial charge in [0.1, 0.15) is 5.82 Å². The van der Waals surface area contributed by atoms with Crippen LogP contribution in [0, 0.1) is 6.92 Å². The lowest BCUT2D eigenvalue weighted by Gasteiger charge is -2.13. The molecule has 0 aliphatic heterocycles. The normalized spacial score (nSPS) is 10.7. The highest BCUT2D eigenvalue weighted by molar-refractivity contribution is 5.67. The quantitative estimate of drug-likeness (QED) is 0.694. The second-order valence-electron chi connectivity index (χ2n) is 6.12. The van der Waals surface area contributed by atoms with Crippen molar-refractivity contribution in [2.75, 3.05) is 10.6 Å². The molecular formula is C20H22N4. The van der Waals surface area contributed by atoms with Gasteiger partial charge in [-0.25, -0.2) is 4.98 Å². The van der Waals surface area contributed by atoms with Crippen LogP contribution in [0.4, 0.5) is 17.5 Å². The van der Waals surface area contributed by atoms with E-state index < -0.39 is 0 Å². The van der Waals surface area contributed by atoms with Crippen molar-refractivity contribution in [2.24, 2.45) is 0 Å². The largest absolute Gasteiger partial charge is 0.352 e. The number of nitrogens with one attached hydrogen (secondary N) is 2. The molecule has 0 saturated carbocycles. The Balaban J connectivity index is 1.96. The van der Waals surface area contributed by atoms with Crippen LogP contribution in [0.25, 0.3) is 11.3 Å². The van der Waals surface area contributed by atoms with Crippen LogP contribution in [0.1, 0.15) is 19.4 Å². The molecule has 3 rings (SSSR count). The summed E-state index contributed by atoms with van der Waals surface area (Å²) in [5.41, 5.74) is 4.20. The monoisotopic (exact) mass is 318 g/mol. The predicted molar refractivity (Wildman–Crippen MR) is 101 cm³/mol. The zero-order valence-corrected chi connectivity index (χ0v) is 14.2. The summed E-state index contributed by atoms with van der Waals surface area (Å²) in [6, 6.07) is 20.6. The number of nitrogens with zero attached hydrogens (tertiary/aromatic N) is 2. The van der Waals surface area contributed by atoms with E-state index in [4.69, 9.17) is 0 Å². The summed E-state index contributed by atoms with van der Waals surface area (Å²) in [4.78, 5) is 9.22. The molecule has 0 aliphatic rings. The first-order chi connectivity index (χ1) is 11.6. The molecular weight excluding hydrogens is 296 g/mol. The molecule has 0 unspecified atom stereocenters. The topological polar surface area (TPSA) is 49.8 Å². The number of aromatic nitrogens is 2. The van der Waals surface area contributed by atoms with E-state index in [1.54, 1.807) is 0 Å². The minimum atomic E-state index is 0.267. The summed E-state index contributed by atoms with van der Waals surface area (Å²) in [5.74, 6) is 1.40. The third-order valence-corrected chi connectivity index (χ3v) is 3.54. The summed E-state index contributed by atoms with van der Waals surface area (Å²) in [6.07, 6.45) is 0. The van der Waals surface area contributed by atoms with Crippen molar-refractivity contribution in [3.63, 3.8) is 0 Å². The standard InChI is InChI=1S/C20H22N4/c1-14(2)21-20-23-18(16-7-5-4-6-8-16)13-19(24-20)22-17-11-9-15(3)10-12-17/h4-14H,1-3H3,(H2,21,22,23,24). The Morgan fingerprint density at radius 2 is 1.58 bits per heavy atom. The number of aryl methyl sites for hydroxylation is 1. The Morgan fingerprint density at radius 1 is 0.875 bits per heavy atom. The maximum atomic E-state index is 4.64. The highest BCUT2D eigenvalue weighted by atomic mass is 15.2.